The van der Waals surface area contributed by atoms with Crippen LogP contribution in [0, 0.1) is 11.8 Å². The second-order valence-electron chi connectivity index (χ2n) is 8.33. The number of carbonyl (C=O) groups is 3. The standard InChI is InChI=1S/C19H37N3O5.C3H8.C2H6/c1-9-13(4)18(14(27-8)10-16(24)25)22(7)15(23)11-20-19(26)17(12(2)3)21(5)6;1-3-2;1-2/h12-14,17-18H,9-11H2,1-8H3,(H,20,26)(H,24,25);3H2,1-2H3;1-2H3. The molecule has 4 unspecified atom stereocenters. The van der Waals surface area contributed by atoms with Crippen LogP contribution in [-0.2, 0) is 19.1 Å². The quantitative estimate of drug-likeness (QED) is 0.461. The van der Waals surface area contributed by atoms with E-state index in [0.717, 1.165) is 6.42 Å². The number of ether oxygens (including phenoxy) is 1. The molecule has 0 aliphatic rings. The van der Waals surface area contributed by atoms with E-state index < -0.39 is 18.1 Å². The molecule has 2 N–H and O–H groups in total. The Bertz CT molecular complexity index is 504. The van der Waals surface area contributed by atoms with E-state index in [1.807, 2.05) is 60.5 Å². The molecule has 0 aromatic heterocycles. The van der Waals surface area contributed by atoms with Gasteiger partial charge in [-0.1, -0.05) is 68.2 Å². The van der Waals surface area contributed by atoms with Gasteiger partial charge in [0.2, 0.25) is 11.8 Å². The van der Waals surface area contributed by atoms with Crippen LogP contribution in [0.1, 0.15) is 74.7 Å². The fourth-order valence-corrected chi connectivity index (χ4v) is 3.45. The molecule has 0 fully saturated rings. The Labute approximate surface area is 197 Å². The second-order valence-corrected chi connectivity index (χ2v) is 8.33. The lowest BCUT2D eigenvalue weighted by Crippen LogP contribution is -2.54. The topological polar surface area (TPSA) is 99.2 Å². The molecular weight excluding hydrogens is 410 g/mol. The molecule has 0 saturated heterocycles. The average molecular weight is 462 g/mol. The van der Waals surface area contributed by atoms with Crippen molar-refractivity contribution in [1.82, 2.24) is 15.1 Å². The number of aliphatic carboxylic acids is 1. The molecular formula is C24H51N3O5. The summed E-state index contributed by atoms with van der Waals surface area (Å²) >= 11 is 0. The highest BCUT2D eigenvalue weighted by molar-refractivity contribution is 5.87. The Hall–Kier alpha value is -1.67. The van der Waals surface area contributed by atoms with Crippen molar-refractivity contribution in [1.29, 1.82) is 0 Å². The second kappa shape index (κ2) is 20.0. The molecule has 192 valence electrons. The molecule has 2 amide bonds. The molecule has 0 aliphatic carbocycles. The van der Waals surface area contributed by atoms with Crippen molar-refractivity contribution in [3.05, 3.63) is 0 Å². The number of hydrogen-bond acceptors (Lipinski definition) is 5. The predicted octanol–water partition coefficient (Wildman–Crippen LogP) is 3.49. The van der Waals surface area contributed by atoms with Crippen LogP contribution in [0.3, 0.4) is 0 Å². The maximum absolute atomic E-state index is 12.7. The maximum Gasteiger partial charge on any atom is 0.306 e. The van der Waals surface area contributed by atoms with Gasteiger partial charge in [-0.3, -0.25) is 19.3 Å². The highest BCUT2D eigenvalue weighted by Gasteiger charge is 2.34. The molecule has 8 nitrogen and oxygen atoms in total. The lowest BCUT2D eigenvalue weighted by Gasteiger charge is -2.37. The van der Waals surface area contributed by atoms with Gasteiger partial charge in [-0.15, -0.1) is 0 Å². The first-order valence-corrected chi connectivity index (χ1v) is 11.8. The van der Waals surface area contributed by atoms with E-state index in [-0.39, 0.29) is 42.7 Å². The lowest BCUT2D eigenvalue weighted by molar-refractivity contribution is -0.145. The first kappa shape index (κ1) is 34.9. The molecule has 8 heteroatoms. The van der Waals surface area contributed by atoms with Crippen LogP contribution >= 0.6 is 0 Å². The predicted molar refractivity (Wildman–Crippen MR) is 132 cm³/mol. The summed E-state index contributed by atoms with van der Waals surface area (Å²) in [5.74, 6) is -1.30. The normalized spacial score (nSPS) is 14.2. The first-order chi connectivity index (χ1) is 14.9. The Morgan fingerprint density at radius 2 is 1.47 bits per heavy atom. The monoisotopic (exact) mass is 461 g/mol. The van der Waals surface area contributed by atoms with Crippen molar-refractivity contribution < 1.29 is 24.2 Å². The third kappa shape index (κ3) is 13.7. The van der Waals surface area contributed by atoms with Crippen LogP contribution in [0.25, 0.3) is 0 Å². The van der Waals surface area contributed by atoms with E-state index in [0.29, 0.717) is 0 Å². The summed E-state index contributed by atoms with van der Waals surface area (Å²) in [6, 6.07) is -0.720. The van der Waals surface area contributed by atoms with Crippen LogP contribution in [-0.4, -0.2) is 85.7 Å². The maximum atomic E-state index is 12.7. The van der Waals surface area contributed by atoms with Crippen LogP contribution in [0.15, 0.2) is 0 Å². The van der Waals surface area contributed by atoms with E-state index in [1.165, 1.54) is 18.4 Å². The summed E-state index contributed by atoms with van der Waals surface area (Å²) in [5.41, 5.74) is 0. The molecule has 0 bridgehead atoms. The molecule has 32 heavy (non-hydrogen) atoms. The molecule has 0 saturated carbocycles. The minimum absolute atomic E-state index is 0.0455. The third-order valence-corrected chi connectivity index (χ3v) is 5.00. The van der Waals surface area contributed by atoms with Crippen LogP contribution in [0.5, 0.6) is 0 Å². The summed E-state index contributed by atoms with van der Waals surface area (Å²) in [7, 11) is 6.73. The Kier molecular flexibility index (Phi) is 21.8. The fraction of sp³-hybridized carbons (Fsp3) is 0.875. The number of rotatable bonds is 12. The van der Waals surface area contributed by atoms with Crippen molar-refractivity contribution in [3.63, 3.8) is 0 Å². The lowest BCUT2D eigenvalue weighted by atomic mass is 9.91. The average Bonchev–Trinajstić information content (AvgIpc) is 2.72. The molecule has 0 heterocycles. The Morgan fingerprint density at radius 3 is 1.78 bits per heavy atom. The Morgan fingerprint density at radius 1 is 1.00 bits per heavy atom. The zero-order valence-corrected chi connectivity index (χ0v) is 22.7. The molecule has 0 spiro atoms. The van der Waals surface area contributed by atoms with Crippen molar-refractivity contribution in [2.24, 2.45) is 11.8 Å². The number of carbonyl (C=O) groups excluding carboxylic acids is 2. The van der Waals surface area contributed by atoms with E-state index in [1.54, 1.807) is 7.05 Å². The SMILES string of the molecule is CC.CCC.CCC(C)C(C(CC(=O)O)OC)N(C)C(=O)CNC(=O)C(C(C)C)N(C)C. The van der Waals surface area contributed by atoms with Crippen molar-refractivity contribution in [3.8, 4) is 0 Å². The minimum Gasteiger partial charge on any atom is -0.481 e. The number of nitrogens with one attached hydrogen (secondary N) is 1. The van der Waals surface area contributed by atoms with E-state index in [9.17, 15) is 14.4 Å². The van der Waals surface area contributed by atoms with E-state index in [2.05, 4.69) is 19.2 Å². The van der Waals surface area contributed by atoms with Gasteiger partial charge in [0.15, 0.2) is 0 Å². The third-order valence-electron chi connectivity index (χ3n) is 5.00. The van der Waals surface area contributed by atoms with Gasteiger partial charge in [-0.05, 0) is 25.9 Å². The fourth-order valence-electron chi connectivity index (χ4n) is 3.45. The van der Waals surface area contributed by atoms with Gasteiger partial charge >= 0.3 is 5.97 Å². The van der Waals surface area contributed by atoms with Crippen molar-refractivity contribution in [2.45, 2.75) is 92.8 Å². The highest BCUT2D eigenvalue weighted by Crippen LogP contribution is 2.21. The smallest absolute Gasteiger partial charge is 0.306 e. The molecule has 0 rings (SSSR count). The molecule has 0 radical (unpaired) electrons. The first-order valence-electron chi connectivity index (χ1n) is 11.8. The van der Waals surface area contributed by atoms with E-state index in [4.69, 9.17) is 9.84 Å². The summed E-state index contributed by atoms with van der Waals surface area (Å²) in [4.78, 5) is 39.6. The van der Waals surface area contributed by atoms with Gasteiger partial charge in [0.1, 0.15) is 0 Å². The largest absolute Gasteiger partial charge is 0.481 e. The van der Waals surface area contributed by atoms with Gasteiger partial charge in [-0.2, -0.15) is 0 Å². The van der Waals surface area contributed by atoms with Crippen LogP contribution in [0.4, 0.5) is 0 Å². The van der Waals surface area contributed by atoms with E-state index >= 15 is 0 Å². The molecule has 0 aromatic carbocycles. The van der Waals surface area contributed by atoms with Crippen molar-refractivity contribution >= 4 is 17.8 Å². The number of nitrogens with zero attached hydrogens (tertiary/aromatic N) is 2. The highest BCUT2D eigenvalue weighted by atomic mass is 16.5. The minimum atomic E-state index is -0.977. The summed E-state index contributed by atoms with van der Waals surface area (Å²) < 4.78 is 5.38. The number of carboxylic acids is 1. The van der Waals surface area contributed by atoms with Gasteiger partial charge in [0, 0.05) is 14.2 Å². The van der Waals surface area contributed by atoms with Crippen LogP contribution < -0.4 is 5.32 Å². The molecule has 0 aliphatic heterocycles. The van der Waals surface area contributed by atoms with Crippen LogP contribution in [0.2, 0.25) is 0 Å². The molecule has 4 atom stereocenters. The summed E-state index contributed by atoms with van der Waals surface area (Å²) in [5, 5.41) is 11.8. The van der Waals surface area contributed by atoms with Gasteiger partial charge in [0.25, 0.3) is 0 Å². The molecule has 0 aromatic rings. The summed E-state index contributed by atoms with van der Waals surface area (Å²) in [6.07, 6.45) is 1.21. The van der Waals surface area contributed by atoms with Gasteiger partial charge in [-0.25, -0.2) is 0 Å². The number of amides is 2. The zero-order valence-electron chi connectivity index (χ0n) is 22.7. The number of likely N-dealkylation sites (N-methyl/N-ethyl adjacent to an activating group) is 2. The Balaban J connectivity index is -0.00000154. The summed E-state index contributed by atoms with van der Waals surface area (Å²) in [6.45, 7) is 16.0. The number of carboxylic acid groups (broad SMARTS) is 1. The number of hydrogen-bond donors (Lipinski definition) is 2. The van der Waals surface area contributed by atoms with Gasteiger partial charge < -0.3 is 20.1 Å². The number of methoxy groups -OCH3 is 1. The zero-order chi connectivity index (χ0) is 26.0. The van der Waals surface area contributed by atoms with Gasteiger partial charge in [0.05, 0.1) is 31.2 Å². The van der Waals surface area contributed by atoms with Crippen molar-refractivity contribution in [2.75, 3.05) is 34.8 Å².